The van der Waals surface area contributed by atoms with E-state index in [-0.39, 0.29) is 36.7 Å². The molecule has 0 radical (unpaired) electrons. The zero-order valence-electron chi connectivity index (χ0n) is 36.9. The van der Waals surface area contributed by atoms with Gasteiger partial charge in [-0.2, -0.15) is 10.2 Å². The number of hydrogen-bond acceptors (Lipinski definition) is 14. The summed E-state index contributed by atoms with van der Waals surface area (Å²) >= 11 is 0. The third-order valence-corrected chi connectivity index (χ3v) is 11.6. The number of carbonyl (C=O) groups is 2. The van der Waals surface area contributed by atoms with Crippen LogP contribution in [-0.4, -0.2) is 88.8 Å². The molecule has 68 heavy (non-hydrogen) atoms. The fourth-order valence-electron chi connectivity index (χ4n) is 8.08. The van der Waals surface area contributed by atoms with Crippen LogP contribution >= 0.6 is 0 Å². The van der Waals surface area contributed by atoms with E-state index in [1.807, 2.05) is 36.4 Å². The van der Waals surface area contributed by atoms with Gasteiger partial charge >= 0.3 is 0 Å². The molecule has 8 aromatic rings. The first kappa shape index (κ1) is 48.2. The van der Waals surface area contributed by atoms with Crippen molar-refractivity contribution in [2.75, 3.05) is 36.8 Å². The van der Waals surface area contributed by atoms with Gasteiger partial charge in [0.25, 0.3) is 12.9 Å². The van der Waals surface area contributed by atoms with E-state index in [2.05, 4.69) is 41.4 Å². The number of piperidine rings is 2. The Morgan fingerprint density at radius 3 is 1.37 bits per heavy atom. The molecule has 6 aromatic heterocycles. The van der Waals surface area contributed by atoms with Crippen molar-refractivity contribution >= 4 is 57.8 Å². The summed E-state index contributed by atoms with van der Waals surface area (Å²) in [7, 11) is 0. The van der Waals surface area contributed by atoms with Crippen LogP contribution in [0.25, 0.3) is 33.2 Å². The van der Waals surface area contributed by atoms with Gasteiger partial charge in [-0.3, -0.25) is 19.6 Å². The average molecular weight is 927 g/mol. The highest BCUT2D eigenvalue weighted by atomic mass is 19.1. The van der Waals surface area contributed by atoms with Crippen LogP contribution in [0.1, 0.15) is 49.2 Å². The Labute approximate surface area is 389 Å². The molecule has 10 N–H and O–H groups in total. The molecule has 0 amide bonds. The van der Waals surface area contributed by atoms with Crippen molar-refractivity contribution < 1.29 is 28.6 Å². The smallest absolute Gasteiger partial charge is 0.290 e. The Balaban J connectivity index is 0.000000181. The summed E-state index contributed by atoms with van der Waals surface area (Å²) in [5.74, 6) is 1.13. The lowest BCUT2D eigenvalue weighted by molar-refractivity contribution is -0.123. The molecule has 10 rings (SSSR count). The lowest BCUT2D eigenvalue weighted by Gasteiger charge is -2.27. The zero-order chi connectivity index (χ0) is 47.8. The second kappa shape index (κ2) is 23.6. The first-order chi connectivity index (χ1) is 33.2. The SMILES string of the molecule is NC(c1ccc2cnc(Nc3ccc(-n4cccn4)cc3F)cc2n1)C1CCNCC1.NC(c1ccc2cnc(Nc3ccc(-n4cccn4)cc3F)cc2n1)C1CCNCC1.O=CO.O=CO. The molecule has 8 heterocycles. The second-order valence-electron chi connectivity index (χ2n) is 15.9. The van der Waals surface area contributed by atoms with Crippen LogP contribution in [0.4, 0.5) is 31.8 Å². The fraction of sp³-hybridized carbons (Fsp3) is 0.250. The molecule has 2 fully saturated rings. The standard InChI is InChI=1S/2C23H24FN7.2CH2O2/c2*24-18-12-17(31-11-1-8-28-31)3-5-19(18)30-22-13-21-16(14-27-22)2-4-20(29-21)23(25)15-6-9-26-10-7-15;2*2-1-3/h2*1-5,8,11-15,23,26H,6-7,9-10,25H2,(H,27,30);2*1H,(H,2,3). The molecule has 2 unspecified atom stereocenters. The van der Waals surface area contributed by atoms with Crippen molar-refractivity contribution in [3.8, 4) is 11.4 Å². The zero-order valence-corrected chi connectivity index (χ0v) is 36.9. The van der Waals surface area contributed by atoms with E-state index in [0.29, 0.717) is 46.2 Å². The predicted molar refractivity (Wildman–Crippen MR) is 255 cm³/mol. The summed E-state index contributed by atoms with van der Waals surface area (Å²) in [6, 6.07) is 24.8. The molecule has 18 nitrogen and oxygen atoms in total. The Morgan fingerprint density at radius 1 is 0.618 bits per heavy atom. The largest absolute Gasteiger partial charge is 0.483 e. The van der Waals surface area contributed by atoms with Crippen LogP contribution in [0.3, 0.4) is 0 Å². The fourth-order valence-corrected chi connectivity index (χ4v) is 8.08. The molecule has 2 saturated heterocycles. The molecule has 352 valence electrons. The molecule has 0 spiro atoms. The van der Waals surface area contributed by atoms with Crippen LogP contribution in [0.5, 0.6) is 0 Å². The van der Waals surface area contributed by atoms with Gasteiger partial charge in [0.05, 0.1) is 45.2 Å². The predicted octanol–water partition coefficient (Wildman–Crippen LogP) is 6.80. The summed E-state index contributed by atoms with van der Waals surface area (Å²) in [5.41, 5.74) is 18.3. The number of nitrogens with two attached hydrogens (primary N) is 2. The maximum atomic E-state index is 14.6. The molecular formula is C48H52F2N14O4. The van der Waals surface area contributed by atoms with Crippen molar-refractivity contribution in [1.82, 2.24) is 50.1 Å². The quantitative estimate of drug-likeness (QED) is 0.0656. The Bertz CT molecular complexity index is 2680. The molecule has 0 aliphatic carbocycles. The highest BCUT2D eigenvalue weighted by molar-refractivity contribution is 5.82. The highest BCUT2D eigenvalue weighted by Crippen LogP contribution is 2.30. The number of aromatic nitrogens is 8. The van der Waals surface area contributed by atoms with Crippen LogP contribution in [0.2, 0.25) is 0 Å². The molecular weight excluding hydrogens is 875 g/mol. The van der Waals surface area contributed by atoms with E-state index < -0.39 is 0 Å². The van der Waals surface area contributed by atoms with E-state index in [4.69, 9.17) is 41.2 Å². The molecule has 2 atom stereocenters. The lowest BCUT2D eigenvalue weighted by Crippen LogP contribution is -2.34. The number of pyridine rings is 4. The van der Waals surface area contributed by atoms with Crippen LogP contribution in [-0.2, 0) is 9.59 Å². The molecule has 2 aliphatic heterocycles. The van der Waals surface area contributed by atoms with Gasteiger partial charge in [-0.1, -0.05) is 0 Å². The summed E-state index contributed by atoms with van der Waals surface area (Å²) in [6.07, 6.45) is 14.5. The van der Waals surface area contributed by atoms with Gasteiger partial charge in [0.15, 0.2) is 0 Å². The summed E-state index contributed by atoms with van der Waals surface area (Å²) in [4.78, 5) is 35.1. The van der Waals surface area contributed by atoms with E-state index in [1.165, 1.54) is 12.1 Å². The van der Waals surface area contributed by atoms with Gasteiger partial charge in [0, 0.05) is 84.3 Å². The minimum atomic E-state index is -0.385. The maximum absolute atomic E-state index is 14.6. The van der Waals surface area contributed by atoms with E-state index >= 15 is 0 Å². The van der Waals surface area contributed by atoms with Crippen LogP contribution in [0.15, 0.2) is 122 Å². The topological polar surface area (TPSA) is 262 Å². The van der Waals surface area contributed by atoms with E-state index in [9.17, 15) is 8.78 Å². The Morgan fingerprint density at radius 2 is 1.01 bits per heavy atom. The molecule has 20 heteroatoms. The number of anilines is 4. The number of nitrogens with zero attached hydrogens (tertiary/aromatic N) is 8. The number of hydrogen-bond donors (Lipinski definition) is 8. The van der Waals surface area contributed by atoms with Gasteiger partial charge in [-0.05, 0) is 124 Å². The lowest BCUT2D eigenvalue weighted by atomic mass is 9.88. The van der Waals surface area contributed by atoms with Crippen LogP contribution < -0.4 is 32.7 Å². The number of nitrogens with one attached hydrogen (secondary N) is 4. The summed E-state index contributed by atoms with van der Waals surface area (Å²) < 4.78 is 32.5. The van der Waals surface area contributed by atoms with Gasteiger partial charge in [-0.15, -0.1) is 0 Å². The number of fused-ring (bicyclic) bond motifs is 2. The summed E-state index contributed by atoms with van der Waals surface area (Å²) in [5, 5.41) is 36.7. The molecule has 2 aliphatic rings. The second-order valence-corrected chi connectivity index (χ2v) is 15.9. The van der Waals surface area contributed by atoms with E-state index in [0.717, 1.165) is 85.1 Å². The van der Waals surface area contributed by atoms with Crippen molar-refractivity contribution in [3.05, 3.63) is 145 Å². The number of rotatable bonds is 10. The highest BCUT2D eigenvalue weighted by Gasteiger charge is 2.24. The molecule has 2 aromatic carbocycles. The third-order valence-electron chi connectivity index (χ3n) is 11.6. The monoisotopic (exact) mass is 926 g/mol. The van der Waals surface area contributed by atoms with Crippen molar-refractivity contribution in [1.29, 1.82) is 0 Å². The van der Waals surface area contributed by atoms with Crippen molar-refractivity contribution in [3.63, 3.8) is 0 Å². The maximum Gasteiger partial charge on any atom is 0.290 e. The van der Waals surface area contributed by atoms with Crippen molar-refractivity contribution in [2.45, 2.75) is 37.8 Å². The number of halogens is 2. The third kappa shape index (κ3) is 12.4. The van der Waals surface area contributed by atoms with E-state index in [1.54, 1.807) is 82.9 Å². The van der Waals surface area contributed by atoms with Gasteiger partial charge in [0.1, 0.15) is 23.3 Å². The Hall–Kier alpha value is -7.78. The first-order valence-corrected chi connectivity index (χ1v) is 21.9. The average Bonchev–Trinajstić information content (AvgIpc) is 4.13. The minimum Gasteiger partial charge on any atom is -0.483 e. The Kier molecular flexibility index (Phi) is 16.7. The van der Waals surface area contributed by atoms with Gasteiger partial charge in [0.2, 0.25) is 0 Å². The molecule has 0 bridgehead atoms. The molecule has 0 saturated carbocycles. The first-order valence-electron chi connectivity index (χ1n) is 21.9. The normalized spacial score (nSPS) is 14.8. The van der Waals surface area contributed by atoms with Crippen LogP contribution in [0, 0.1) is 23.5 Å². The van der Waals surface area contributed by atoms with Gasteiger partial charge < -0.3 is 42.9 Å². The summed E-state index contributed by atoms with van der Waals surface area (Å²) in [6.45, 7) is 3.48. The minimum absolute atomic E-state index is 0.0941. The van der Waals surface area contributed by atoms with Crippen molar-refractivity contribution in [2.24, 2.45) is 23.3 Å². The van der Waals surface area contributed by atoms with Gasteiger partial charge in [-0.25, -0.2) is 28.1 Å². The number of carboxylic acid groups (broad SMARTS) is 2. The number of benzene rings is 2.